The zero-order chi connectivity index (χ0) is 24.3. The van der Waals surface area contributed by atoms with Crippen LogP contribution in [0.4, 0.5) is 11.6 Å². The van der Waals surface area contributed by atoms with E-state index in [1.54, 1.807) is 0 Å². The highest BCUT2D eigenvalue weighted by atomic mass is 32.3. The maximum atomic E-state index is 7.81. The van der Waals surface area contributed by atoms with Crippen LogP contribution in [0.2, 0.25) is 0 Å². The Morgan fingerprint density at radius 1 is 1.06 bits per heavy atom. The fourth-order valence-electron chi connectivity index (χ4n) is 4.08. The van der Waals surface area contributed by atoms with Gasteiger partial charge in [0.2, 0.25) is 0 Å². The average molecular weight is 475 g/mol. The first-order valence-corrected chi connectivity index (χ1v) is 14.2. The van der Waals surface area contributed by atoms with E-state index in [-0.39, 0.29) is 0 Å². The number of rotatable bonds is 7. The summed E-state index contributed by atoms with van der Waals surface area (Å²) in [5.41, 5.74) is 4.63. The van der Waals surface area contributed by atoms with Gasteiger partial charge in [-0.05, 0) is 66.2 Å². The minimum Gasteiger partial charge on any atom is -0.391 e. The van der Waals surface area contributed by atoms with Gasteiger partial charge in [0.15, 0.2) is 0 Å². The van der Waals surface area contributed by atoms with E-state index >= 15 is 0 Å². The van der Waals surface area contributed by atoms with Crippen LogP contribution < -0.4 is 15.5 Å². The van der Waals surface area contributed by atoms with Crippen molar-refractivity contribution >= 4 is 49.9 Å². The van der Waals surface area contributed by atoms with E-state index in [0.717, 1.165) is 63.6 Å². The summed E-state index contributed by atoms with van der Waals surface area (Å²) in [4.78, 5) is 11.6. The van der Waals surface area contributed by atoms with Crippen molar-refractivity contribution in [1.29, 1.82) is 5.41 Å². The number of anilines is 2. The summed E-state index contributed by atoms with van der Waals surface area (Å²) in [6, 6.07) is 12.3. The number of nitrogens with zero attached hydrogens (tertiary/aromatic N) is 3. The van der Waals surface area contributed by atoms with Crippen molar-refractivity contribution in [3.05, 3.63) is 72.2 Å². The minimum absolute atomic E-state index is 0.452. The fraction of sp³-hybridized carbons (Fsp3) is 0.296. The lowest BCUT2D eigenvalue weighted by Crippen LogP contribution is -2.38. The summed E-state index contributed by atoms with van der Waals surface area (Å²) in [7, 11) is 1.42. The normalized spacial score (nSPS) is 17.0. The van der Waals surface area contributed by atoms with Crippen LogP contribution in [0.25, 0.3) is 22.0 Å². The number of pyridine rings is 2. The van der Waals surface area contributed by atoms with Gasteiger partial charge in [-0.25, -0.2) is 20.0 Å². The van der Waals surface area contributed by atoms with E-state index in [9.17, 15) is 0 Å². The maximum absolute atomic E-state index is 7.81. The molecule has 1 saturated heterocycles. The lowest BCUT2D eigenvalue weighted by atomic mass is 10.0. The van der Waals surface area contributed by atoms with Crippen LogP contribution in [-0.2, 0) is 0 Å². The molecule has 0 amide bonds. The van der Waals surface area contributed by atoms with Crippen molar-refractivity contribution in [2.75, 3.05) is 54.4 Å². The number of hydrogen-bond donors (Lipinski definition) is 3. The summed E-state index contributed by atoms with van der Waals surface area (Å²) in [6.07, 6.45) is 9.96. The molecule has 3 N–H and O–H groups in total. The highest BCUT2D eigenvalue weighted by molar-refractivity contribution is 8.32. The third-order valence-corrected chi connectivity index (χ3v) is 9.06. The second-order valence-corrected chi connectivity index (χ2v) is 13.6. The van der Waals surface area contributed by atoms with Crippen molar-refractivity contribution in [3.8, 4) is 0 Å². The van der Waals surface area contributed by atoms with Crippen molar-refractivity contribution < 1.29 is 0 Å². The Morgan fingerprint density at radius 3 is 2.53 bits per heavy atom. The smallest absolute Gasteiger partial charge is 0.130 e. The van der Waals surface area contributed by atoms with E-state index in [2.05, 4.69) is 56.7 Å². The van der Waals surface area contributed by atoms with Gasteiger partial charge in [0.1, 0.15) is 11.6 Å². The third-order valence-electron chi connectivity index (χ3n) is 6.48. The molecule has 7 heteroatoms. The van der Waals surface area contributed by atoms with E-state index in [0.29, 0.717) is 0 Å². The molecule has 3 heterocycles. The number of aromatic nitrogens is 2. The molecule has 0 saturated carbocycles. The first-order valence-electron chi connectivity index (χ1n) is 11.4. The van der Waals surface area contributed by atoms with E-state index in [4.69, 9.17) is 5.41 Å². The zero-order valence-electron chi connectivity index (χ0n) is 20.5. The molecule has 1 fully saturated rings. The molecular weight excluding hydrogens is 440 g/mol. The van der Waals surface area contributed by atoms with Gasteiger partial charge >= 0.3 is 0 Å². The average Bonchev–Trinajstić information content (AvgIpc) is 2.84. The maximum Gasteiger partial charge on any atom is 0.130 e. The van der Waals surface area contributed by atoms with Crippen LogP contribution in [0.5, 0.6) is 0 Å². The standard InChI is InChI=1S/C27H34N6S/c1-19(21-8-9-30-27(16-21)33-10-12-34(4,5)13-11-33)32-26-15-24-14-22(6-7-23(24)18-31-26)25(17-28)20(2)29-3/h6-9,14-18,28-29H,1,10-13H2,2-5H3,(H,31,32)/b25-20+,28-17?. The molecule has 0 bridgehead atoms. The number of hydrogen-bond acceptors (Lipinski definition) is 6. The van der Waals surface area contributed by atoms with Crippen molar-refractivity contribution in [3.63, 3.8) is 0 Å². The van der Waals surface area contributed by atoms with Gasteiger partial charge in [0, 0.05) is 66.7 Å². The Balaban J connectivity index is 1.54. The Bertz CT molecular complexity index is 1250. The van der Waals surface area contributed by atoms with Crippen LogP contribution in [0.15, 0.2) is 61.1 Å². The van der Waals surface area contributed by atoms with Gasteiger partial charge in [-0.1, -0.05) is 18.7 Å². The molecule has 3 aromatic rings. The zero-order valence-corrected chi connectivity index (χ0v) is 21.3. The second-order valence-electron chi connectivity index (χ2n) is 9.23. The molecule has 34 heavy (non-hydrogen) atoms. The first kappa shape index (κ1) is 23.8. The Kier molecular flexibility index (Phi) is 6.93. The SMILES string of the molecule is C=C(Nc1cc2cc(/C(C=N)=C(\C)NC)ccc2cn1)c1ccnc(N2CCS(C)(C)CC2)c1. The molecule has 1 aliphatic rings. The first-order chi connectivity index (χ1) is 16.3. The van der Waals surface area contributed by atoms with Crippen LogP contribution in [-0.4, -0.2) is 60.3 Å². The topological polar surface area (TPSA) is 76.9 Å². The van der Waals surface area contributed by atoms with Crippen LogP contribution in [0, 0.1) is 5.41 Å². The molecule has 6 nitrogen and oxygen atoms in total. The number of nitrogens with one attached hydrogen (secondary N) is 3. The Labute approximate surface area is 204 Å². The third kappa shape index (κ3) is 5.25. The molecule has 1 aromatic carbocycles. The molecule has 2 aromatic heterocycles. The van der Waals surface area contributed by atoms with Gasteiger partial charge in [-0.2, -0.15) is 0 Å². The summed E-state index contributed by atoms with van der Waals surface area (Å²) < 4.78 is 0. The number of fused-ring (bicyclic) bond motifs is 1. The molecule has 0 atom stereocenters. The van der Waals surface area contributed by atoms with Crippen molar-refractivity contribution in [2.24, 2.45) is 0 Å². The van der Waals surface area contributed by atoms with Gasteiger partial charge in [-0.3, -0.25) is 0 Å². The quantitative estimate of drug-likeness (QED) is 0.411. The Hall–Kier alpha value is -3.32. The number of allylic oxidation sites excluding steroid dienone is 2. The van der Waals surface area contributed by atoms with Crippen molar-refractivity contribution in [1.82, 2.24) is 15.3 Å². The fourth-order valence-corrected chi connectivity index (χ4v) is 5.72. The van der Waals surface area contributed by atoms with E-state index in [1.165, 1.54) is 17.7 Å². The highest BCUT2D eigenvalue weighted by Gasteiger charge is 2.22. The molecule has 0 radical (unpaired) electrons. The number of benzene rings is 1. The molecule has 178 valence electrons. The Morgan fingerprint density at radius 2 is 1.82 bits per heavy atom. The summed E-state index contributed by atoms with van der Waals surface area (Å²) in [6.45, 7) is 8.36. The van der Waals surface area contributed by atoms with Gasteiger partial charge in [-0.15, -0.1) is 0 Å². The summed E-state index contributed by atoms with van der Waals surface area (Å²) in [5, 5.41) is 16.4. The molecule has 0 unspecified atom stereocenters. The van der Waals surface area contributed by atoms with Crippen LogP contribution >= 0.6 is 10.0 Å². The molecule has 0 aliphatic carbocycles. The predicted molar refractivity (Wildman–Crippen MR) is 150 cm³/mol. The predicted octanol–water partition coefficient (Wildman–Crippen LogP) is 5.20. The summed E-state index contributed by atoms with van der Waals surface area (Å²) >= 11 is 0. The molecule has 0 spiro atoms. The van der Waals surface area contributed by atoms with Gasteiger partial charge in [0.25, 0.3) is 0 Å². The molecule has 1 aliphatic heterocycles. The van der Waals surface area contributed by atoms with E-state index in [1.807, 2.05) is 50.6 Å². The molecular formula is C27H34N6S. The monoisotopic (exact) mass is 474 g/mol. The molecule has 4 rings (SSSR count). The van der Waals surface area contributed by atoms with Gasteiger partial charge in [0.05, 0.1) is 0 Å². The van der Waals surface area contributed by atoms with Gasteiger partial charge < -0.3 is 20.9 Å². The largest absolute Gasteiger partial charge is 0.391 e. The second kappa shape index (κ2) is 9.89. The van der Waals surface area contributed by atoms with Crippen LogP contribution in [0.3, 0.4) is 0 Å². The summed E-state index contributed by atoms with van der Waals surface area (Å²) in [5.74, 6) is 4.26. The lowest BCUT2D eigenvalue weighted by Gasteiger charge is -2.41. The lowest BCUT2D eigenvalue weighted by molar-refractivity contribution is 0.831. The minimum atomic E-state index is -0.452. The highest BCUT2D eigenvalue weighted by Crippen LogP contribution is 2.42. The van der Waals surface area contributed by atoms with Crippen molar-refractivity contribution in [2.45, 2.75) is 6.92 Å². The van der Waals surface area contributed by atoms with E-state index < -0.39 is 10.0 Å². The van der Waals surface area contributed by atoms with Crippen LogP contribution in [0.1, 0.15) is 18.1 Å².